The lowest BCUT2D eigenvalue weighted by Gasteiger charge is -2.17. The van der Waals surface area contributed by atoms with Gasteiger partial charge in [0.15, 0.2) is 0 Å². The smallest absolute Gasteiger partial charge is 0.251 e. The highest BCUT2D eigenvalue weighted by molar-refractivity contribution is 5.98. The van der Waals surface area contributed by atoms with Crippen molar-refractivity contribution in [1.82, 2.24) is 14.8 Å². The molecule has 3 aromatic rings. The van der Waals surface area contributed by atoms with E-state index in [1.807, 2.05) is 53.6 Å². The van der Waals surface area contributed by atoms with E-state index in [4.69, 9.17) is 0 Å². The molecular formula is C23H25N3O2. The van der Waals surface area contributed by atoms with Crippen molar-refractivity contribution in [3.05, 3.63) is 71.9 Å². The number of nitrogens with zero attached hydrogens (tertiary/aromatic N) is 2. The number of likely N-dealkylation sites (tertiary alicyclic amines) is 1. The molecule has 28 heavy (non-hydrogen) atoms. The van der Waals surface area contributed by atoms with Gasteiger partial charge in [0.25, 0.3) is 5.91 Å². The number of benzene rings is 2. The van der Waals surface area contributed by atoms with Crippen molar-refractivity contribution < 1.29 is 9.59 Å². The van der Waals surface area contributed by atoms with Gasteiger partial charge in [0, 0.05) is 48.7 Å². The summed E-state index contributed by atoms with van der Waals surface area (Å²) in [5.74, 6) is -0.00874. The van der Waals surface area contributed by atoms with E-state index in [1.165, 1.54) is 5.56 Å². The van der Waals surface area contributed by atoms with Crippen LogP contribution in [0.4, 0.5) is 0 Å². The first-order valence-electron chi connectivity index (χ1n) is 9.85. The zero-order chi connectivity index (χ0) is 19.5. The summed E-state index contributed by atoms with van der Waals surface area (Å²) >= 11 is 0. The molecule has 2 heterocycles. The second-order valence-corrected chi connectivity index (χ2v) is 7.33. The van der Waals surface area contributed by atoms with Crippen molar-refractivity contribution in [2.24, 2.45) is 0 Å². The van der Waals surface area contributed by atoms with Gasteiger partial charge in [0.1, 0.15) is 0 Å². The number of nitrogens with one attached hydrogen (secondary N) is 1. The summed E-state index contributed by atoms with van der Waals surface area (Å²) in [6.45, 7) is 4.26. The Kier molecular flexibility index (Phi) is 5.15. The molecule has 5 nitrogen and oxygen atoms in total. The van der Waals surface area contributed by atoms with Crippen molar-refractivity contribution in [1.29, 1.82) is 0 Å². The molecule has 0 saturated carbocycles. The molecule has 0 radical (unpaired) electrons. The van der Waals surface area contributed by atoms with Crippen LogP contribution in [0.25, 0.3) is 10.9 Å². The number of hydrogen-bond donors (Lipinski definition) is 1. The van der Waals surface area contributed by atoms with Crippen LogP contribution < -0.4 is 5.32 Å². The minimum absolute atomic E-state index is 0.108. The van der Waals surface area contributed by atoms with Gasteiger partial charge in [-0.25, -0.2) is 0 Å². The first-order valence-corrected chi connectivity index (χ1v) is 9.85. The number of aromatic nitrogens is 1. The van der Waals surface area contributed by atoms with Gasteiger partial charge in [-0.15, -0.1) is 0 Å². The summed E-state index contributed by atoms with van der Waals surface area (Å²) in [4.78, 5) is 26.8. The van der Waals surface area contributed by atoms with Gasteiger partial charge in [-0.1, -0.05) is 30.3 Å². The highest BCUT2D eigenvalue weighted by Gasteiger charge is 2.30. The Labute approximate surface area is 165 Å². The maximum absolute atomic E-state index is 12.7. The third-order valence-electron chi connectivity index (χ3n) is 5.44. The summed E-state index contributed by atoms with van der Waals surface area (Å²) in [5, 5.41) is 4.09. The minimum Gasteiger partial charge on any atom is -0.348 e. The highest BCUT2D eigenvalue weighted by atomic mass is 16.2. The van der Waals surface area contributed by atoms with E-state index in [1.54, 1.807) is 0 Å². The Morgan fingerprint density at radius 3 is 2.75 bits per heavy atom. The molecule has 1 N–H and O–H groups in total. The van der Waals surface area contributed by atoms with Crippen molar-refractivity contribution in [3.8, 4) is 0 Å². The topological polar surface area (TPSA) is 54.3 Å². The average molecular weight is 375 g/mol. The van der Waals surface area contributed by atoms with E-state index < -0.39 is 0 Å². The molecule has 0 aliphatic carbocycles. The van der Waals surface area contributed by atoms with Gasteiger partial charge in [-0.2, -0.15) is 0 Å². The fourth-order valence-corrected chi connectivity index (χ4v) is 3.88. The van der Waals surface area contributed by atoms with Crippen molar-refractivity contribution >= 4 is 22.7 Å². The SMILES string of the molecule is CCn1ccc2cc(C(=O)N[C@H]3CC(=O)N(CCc4ccccc4)C3)ccc21. The molecule has 1 aliphatic heterocycles. The first-order chi connectivity index (χ1) is 13.6. The quantitative estimate of drug-likeness (QED) is 0.719. The monoisotopic (exact) mass is 375 g/mol. The van der Waals surface area contributed by atoms with Gasteiger partial charge in [0.2, 0.25) is 5.91 Å². The zero-order valence-corrected chi connectivity index (χ0v) is 16.1. The highest BCUT2D eigenvalue weighted by Crippen LogP contribution is 2.19. The van der Waals surface area contributed by atoms with Crippen LogP contribution in [0.2, 0.25) is 0 Å². The summed E-state index contributed by atoms with van der Waals surface area (Å²) in [5.41, 5.74) is 2.98. The second kappa shape index (κ2) is 7.89. The number of amides is 2. The first kappa shape index (κ1) is 18.3. The standard InChI is InChI=1S/C23H25N3O2/c1-2-25-13-11-18-14-19(8-9-21(18)25)23(28)24-20-15-22(27)26(16-20)12-10-17-6-4-3-5-7-17/h3-9,11,13-14,20H,2,10,12,15-16H2,1H3,(H,24,28)/t20-/m0/s1. The second-order valence-electron chi connectivity index (χ2n) is 7.33. The van der Waals surface area contributed by atoms with Gasteiger partial charge < -0.3 is 14.8 Å². The number of carbonyl (C=O) groups is 2. The van der Waals surface area contributed by atoms with E-state index in [0.717, 1.165) is 23.9 Å². The van der Waals surface area contributed by atoms with Gasteiger partial charge in [-0.3, -0.25) is 9.59 Å². The van der Waals surface area contributed by atoms with Crippen LogP contribution in [0.1, 0.15) is 29.3 Å². The number of carbonyl (C=O) groups excluding carboxylic acids is 2. The summed E-state index contributed by atoms with van der Waals surface area (Å²) in [6, 6.07) is 17.8. The number of fused-ring (bicyclic) bond motifs is 1. The van der Waals surface area contributed by atoms with E-state index in [2.05, 4.69) is 28.9 Å². The van der Waals surface area contributed by atoms with Gasteiger partial charge >= 0.3 is 0 Å². The number of aryl methyl sites for hydroxylation is 1. The van der Waals surface area contributed by atoms with Crippen molar-refractivity contribution in [2.75, 3.05) is 13.1 Å². The van der Waals surface area contributed by atoms with E-state index in [0.29, 0.717) is 25.1 Å². The van der Waals surface area contributed by atoms with Crippen LogP contribution in [0.5, 0.6) is 0 Å². The molecule has 1 aromatic heterocycles. The normalized spacial score (nSPS) is 16.7. The fraction of sp³-hybridized carbons (Fsp3) is 0.304. The molecule has 4 rings (SSSR count). The zero-order valence-electron chi connectivity index (χ0n) is 16.1. The Balaban J connectivity index is 1.36. The fourth-order valence-electron chi connectivity index (χ4n) is 3.88. The van der Waals surface area contributed by atoms with Crippen LogP contribution in [0, 0.1) is 0 Å². The Morgan fingerprint density at radius 2 is 1.96 bits per heavy atom. The van der Waals surface area contributed by atoms with E-state index >= 15 is 0 Å². The van der Waals surface area contributed by atoms with Crippen LogP contribution in [-0.4, -0.2) is 40.4 Å². The number of hydrogen-bond acceptors (Lipinski definition) is 2. The van der Waals surface area contributed by atoms with Crippen molar-refractivity contribution in [2.45, 2.75) is 32.4 Å². The molecule has 0 unspecified atom stereocenters. The van der Waals surface area contributed by atoms with Crippen LogP contribution in [-0.2, 0) is 17.8 Å². The molecule has 1 aliphatic rings. The maximum atomic E-state index is 12.7. The third kappa shape index (κ3) is 3.79. The van der Waals surface area contributed by atoms with Crippen molar-refractivity contribution in [3.63, 3.8) is 0 Å². The Morgan fingerprint density at radius 1 is 1.14 bits per heavy atom. The van der Waals surface area contributed by atoms with Crippen LogP contribution >= 0.6 is 0 Å². The molecule has 144 valence electrons. The summed E-state index contributed by atoms with van der Waals surface area (Å²) in [7, 11) is 0. The molecule has 2 aromatic carbocycles. The molecule has 0 bridgehead atoms. The number of rotatable bonds is 6. The molecular weight excluding hydrogens is 350 g/mol. The average Bonchev–Trinajstić information content (AvgIpc) is 3.29. The molecule has 5 heteroatoms. The van der Waals surface area contributed by atoms with Gasteiger partial charge in [-0.05, 0) is 43.2 Å². The Hall–Kier alpha value is -3.08. The molecule has 1 saturated heterocycles. The maximum Gasteiger partial charge on any atom is 0.251 e. The lowest BCUT2D eigenvalue weighted by molar-refractivity contribution is -0.127. The summed E-state index contributed by atoms with van der Waals surface area (Å²) in [6.07, 6.45) is 3.24. The van der Waals surface area contributed by atoms with Crippen LogP contribution in [0.3, 0.4) is 0 Å². The van der Waals surface area contributed by atoms with Gasteiger partial charge in [0.05, 0.1) is 6.04 Å². The molecule has 2 amide bonds. The predicted octanol–water partition coefficient (Wildman–Crippen LogP) is 3.23. The summed E-state index contributed by atoms with van der Waals surface area (Å²) < 4.78 is 2.15. The largest absolute Gasteiger partial charge is 0.348 e. The van der Waals surface area contributed by atoms with E-state index in [9.17, 15) is 9.59 Å². The third-order valence-corrected chi connectivity index (χ3v) is 5.44. The predicted molar refractivity (Wildman–Crippen MR) is 110 cm³/mol. The Bertz CT molecular complexity index is 994. The molecule has 1 atom stereocenters. The van der Waals surface area contributed by atoms with Crippen LogP contribution in [0.15, 0.2) is 60.8 Å². The molecule has 0 spiro atoms. The van der Waals surface area contributed by atoms with E-state index in [-0.39, 0.29) is 17.9 Å². The lowest BCUT2D eigenvalue weighted by atomic mass is 10.1. The molecule has 1 fully saturated rings. The minimum atomic E-state index is -0.133. The lowest BCUT2D eigenvalue weighted by Crippen LogP contribution is -2.37.